The SMILES string of the molecule is Cc1ccc(Cc2c(N)cc(C#N)n2CC(=O)N2CCC[C@@H](C)C2)cc1. The highest BCUT2D eigenvalue weighted by Crippen LogP contribution is 2.23. The van der Waals surface area contributed by atoms with Crippen molar-refractivity contribution in [3.63, 3.8) is 0 Å². The van der Waals surface area contributed by atoms with E-state index in [-0.39, 0.29) is 12.5 Å². The van der Waals surface area contributed by atoms with Crippen molar-refractivity contribution in [1.29, 1.82) is 5.26 Å². The molecule has 0 aliphatic carbocycles. The number of anilines is 1. The molecule has 0 saturated carbocycles. The minimum Gasteiger partial charge on any atom is -0.397 e. The summed E-state index contributed by atoms with van der Waals surface area (Å²) in [6.07, 6.45) is 2.82. The first-order valence-electron chi connectivity index (χ1n) is 9.19. The topological polar surface area (TPSA) is 75.0 Å². The molecule has 26 heavy (non-hydrogen) atoms. The number of piperidine rings is 1. The van der Waals surface area contributed by atoms with E-state index in [2.05, 4.69) is 37.3 Å². The number of rotatable bonds is 4. The average molecular weight is 350 g/mol. The van der Waals surface area contributed by atoms with Gasteiger partial charge in [-0.05, 0) is 37.3 Å². The van der Waals surface area contributed by atoms with Crippen LogP contribution < -0.4 is 5.73 Å². The van der Waals surface area contributed by atoms with Gasteiger partial charge in [-0.3, -0.25) is 4.79 Å². The van der Waals surface area contributed by atoms with E-state index < -0.39 is 0 Å². The highest BCUT2D eigenvalue weighted by Gasteiger charge is 2.23. The molecule has 1 saturated heterocycles. The molecule has 0 spiro atoms. The maximum atomic E-state index is 12.8. The van der Waals surface area contributed by atoms with Gasteiger partial charge in [-0.15, -0.1) is 0 Å². The van der Waals surface area contributed by atoms with Gasteiger partial charge in [0, 0.05) is 25.2 Å². The first-order chi connectivity index (χ1) is 12.5. The number of nitrogens with zero attached hydrogens (tertiary/aromatic N) is 3. The summed E-state index contributed by atoms with van der Waals surface area (Å²) in [5.74, 6) is 0.596. The Hall–Kier alpha value is -2.74. The predicted molar refractivity (Wildman–Crippen MR) is 103 cm³/mol. The molecule has 1 aliphatic heterocycles. The third kappa shape index (κ3) is 3.91. The Balaban J connectivity index is 1.84. The molecule has 2 aromatic rings. The summed E-state index contributed by atoms with van der Waals surface area (Å²) >= 11 is 0. The molecule has 1 atom stereocenters. The molecule has 5 heteroatoms. The molecular weight excluding hydrogens is 324 g/mol. The smallest absolute Gasteiger partial charge is 0.242 e. The molecule has 0 bridgehead atoms. The summed E-state index contributed by atoms with van der Waals surface area (Å²) < 4.78 is 1.79. The quantitative estimate of drug-likeness (QED) is 0.920. The second kappa shape index (κ2) is 7.65. The average Bonchev–Trinajstić information content (AvgIpc) is 2.92. The van der Waals surface area contributed by atoms with Gasteiger partial charge in [0.2, 0.25) is 5.91 Å². The number of amides is 1. The maximum absolute atomic E-state index is 12.8. The lowest BCUT2D eigenvalue weighted by Gasteiger charge is -2.31. The van der Waals surface area contributed by atoms with Crippen molar-refractivity contribution in [3.05, 3.63) is 52.8 Å². The van der Waals surface area contributed by atoms with Crippen molar-refractivity contribution in [2.24, 2.45) is 5.92 Å². The number of hydrogen-bond acceptors (Lipinski definition) is 3. The number of hydrogen-bond donors (Lipinski definition) is 1. The predicted octanol–water partition coefficient (Wildman–Crippen LogP) is 3.10. The number of nitriles is 1. The first-order valence-corrected chi connectivity index (χ1v) is 9.19. The standard InChI is InChI=1S/C21H26N4O/c1-15-5-7-17(8-6-15)10-20-19(23)11-18(12-22)25(20)14-21(26)24-9-3-4-16(2)13-24/h5-8,11,16H,3-4,9-10,13-14,23H2,1-2H3/t16-/m1/s1. The minimum absolute atomic E-state index is 0.0637. The summed E-state index contributed by atoms with van der Waals surface area (Å²) in [5, 5.41) is 9.47. The van der Waals surface area contributed by atoms with Crippen molar-refractivity contribution in [2.45, 2.75) is 39.7 Å². The Labute approximate surface area is 155 Å². The van der Waals surface area contributed by atoms with E-state index in [1.807, 2.05) is 11.8 Å². The fourth-order valence-corrected chi connectivity index (χ4v) is 3.63. The van der Waals surface area contributed by atoms with Gasteiger partial charge in [-0.1, -0.05) is 36.8 Å². The monoisotopic (exact) mass is 350 g/mol. The van der Waals surface area contributed by atoms with Crippen molar-refractivity contribution in [3.8, 4) is 6.07 Å². The number of nitrogens with two attached hydrogens (primary N) is 1. The van der Waals surface area contributed by atoms with E-state index in [9.17, 15) is 10.1 Å². The first kappa shape index (κ1) is 18.1. The number of nitrogen functional groups attached to an aromatic ring is 1. The number of likely N-dealkylation sites (tertiary alicyclic amines) is 1. The van der Waals surface area contributed by atoms with E-state index >= 15 is 0 Å². The van der Waals surface area contributed by atoms with Gasteiger partial charge in [0.1, 0.15) is 18.3 Å². The molecule has 3 rings (SSSR count). The van der Waals surface area contributed by atoms with Crippen molar-refractivity contribution < 1.29 is 4.79 Å². The molecule has 2 heterocycles. The third-order valence-corrected chi connectivity index (χ3v) is 5.15. The van der Waals surface area contributed by atoms with Crippen LogP contribution in [-0.4, -0.2) is 28.5 Å². The van der Waals surface area contributed by atoms with Crippen LogP contribution in [0, 0.1) is 24.2 Å². The van der Waals surface area contributed by atoms with Gasteiger partial charge in [0.05, 0.1) is 5.69 Å². The fraction of sp³-hybridized carbons (Fsp3) is 0.429. The van der Waals surface area contributed by atoms with Gasteiger partial charge in [-0.25, -0.2) is 0 Å². The van der Waals surface area contributed by atoms with Crippen LogP contribution in [0.15, 0.2) is 30.3 Å². The number of aryl methyl sites for hydroxylation is 1. The normalized spacial score (nSPS) is 17.1. The van der Waals surface area contributed by atoms with E-state index in [4.69, 9.17) is 5.73 Å². The van der Waals surface area contributed by atoms with Crippen molar-refractivity contribution in [1.82, 2.24) is 9.47 Å². The van der Waals surface area contributed by atoms with Gasteiger partial charge >= 0.3 is 0 Å². The molecule has 1 aliphatic rings. The van der Waals surface area contributed by atoms with Gasteiger partial charge in [0.25, 0.3) is 0 Å². The number of aromatic nitrogens is 1. The molecule has 1 aromatic heterocycles. The number of carbonyl (C=O) groups excluding carboxylic acids is 1. The molecule has 0 unspecified atom stereocenters. The molecule has 1 amide bonds. The lowest BCUT2D eigenvalue weighted by molar-refractivity contribution is -0.133. The molecule has 5 nitrogen and oxygen atoms in total. The van der Waals surface area contributed by atoms with Crippen LogP contribution in [0.3, 0.4) is 0 Å². The summed E-state index contributed by atoms with van der Waals surface area (Å²) in [5.41, 5.74) is 10.3. The second-order valence-electron chi connectivity index (χ2n) is 7.38. The summed E-state index contributed by atoms with van der Waals surface area (Å²) in [6.45, 7) is 6.00. The lowest BCUT2D eigenvalue weighted by atomic mass is 10.0. The van der Waals surface area contributed by atoms with Crippen LogP contribution in [0.25, 0.3) is 0 Å². The Bertz CT molecular complexity index is 829. The molecule has 136 valence electrons. The van der Waals surface area contributed by atoms with Crippen LogP contribution in [0.5, 0.6) is 0 Å². The Morgan fingerprint density at radius 1 is 1.35 bits per heavy atom. The minimum atomic E-state index is 0.0637. The van der Waals surface area contributed by atoms with E-state index in [1.54, 1.807) is 10.6 Å². The molecule has 1 aromatic carbocycles. The number of carbonyl (C=O) groups is 1. The Morgan fingerprint density at radius 2 is 2.08 bits per heavy atom. The third-order valence-electron chi connectivity index (χ3n) is 5.15. The summed E-state index contributed by atoms with van der Waals surface area (Å²) in [4.78, 5) is 14.7. The van der Waals surface area contributed by atoms with E-state index in [1.165, 1.54) is 12.0 Å². The van der Waals surface area contributed by atoms with Gasteiger partial charge in [0.15, 0.2) is 0 Å². The molecule has 0 radical (unpaired) electrons. The van der Waals surface area contributed by atoms with E-state index in [0.29, 0.717) is 23.7 Å². The zero-order valence-corrected chi connectivity index (χ0v) is 15.5. The largest absolute Gasteiger partial charge is 0.397 e. The van der Waals surface area contributed by atoms with Crippen LogP contribution in [0.1, 0.15) is 42.3 Å². The zero-order valence-electron chi connectivity index (χ0n) is 15.5. The highest BCUT2D eigenvalue weighted by atomic mass is 16.2. The maximum Gasteiger partial charge on any atom is 0.242 e. The zero-order chi connectivity index (χ0) is 18.7. The fourth-order valence-electron chi connectivity index (χ4n) is 3.63. The second-order valence-corrected chi connectivity index (χ2v) is 7.38. The van der Waals surface area contributed by atoms with Crippen LogP contribution in [0.2, 0.25) is 0 Å². The van der Waals surface area contributed by atoms with Crippen molar-refractivity contribution >= 4 is 11.6 Å². The molecular formula is C21H26N4O. The van der Waals surface area contributed by atoms with Gasteiger partial charge < -0.3 is 15.2 Å². The summed E-state index contributed by atoms with van der Waals surface area (Å²) in [7, 11) is 0. The Kier molecular flexibility index (Phi) is 5.32. The van der Waals surface area contributed by atoms with Crippen molar-refractivity contribution in [2.75, 3.05) is 18.8 Å². The van der Waals surface area contributed by atoms with Crippen LogP contribution >= 0.6 is 0 Å². The summed E-state index contributed by atoms with van der Waals surface area (Å²) in [6, 6.07) is 12.1. The van der Waals surface area contributed by atoms with Crippen LogP contribution in [-0.2, 0) is 17.8 Å². The Morgan fingerprint density at radius 3 is 2.73 bits per heavy atom. The van der Waals surface area contributed by atoms with E-state index in [0.717, 1.165) is 30.8 Å². The van der Waals surface area contributed by atoms with Crippen LogP contribution in [0.4, 0.5) is 5.69 Å². The van der Waals surface area contributed by atoms with Gasteiger partial charge in [-0.2, -0.15) is 5.26 Å². The lowest BCUT2D eigenvalue weighted by Crippen LogP contribution is -2.41. The molecule has 2 N–H and O–H groups in total. The number of benzene rings is 1. The highest BCUT2D eigenvalue weighted by molar-refractivity contribution is 5.77. The molecule has 1 fully saturated rings.